The molecule has 3 rings (SSSR count). The monoisotopic (exact) mass is 322 g/mol. The van der Waals surface area contributed by atoms with Gasteiger partial charge in [-0.1, -0.05) is 24.3 Å². The van der Waals surface area contributed by atoms with Gasteiger partial charge in [0.15, 0.2) is 5.78 Å². The highest BCUT2D eigenvalue weighted by Crippen LogP contribution is 2.35. The number of carbonyl (C=O) groups excluding carboxylic acids is 2. The van der Waals surface area contributed by atoms with E-state index in [4.69, 9.17) is 0 Å². The van der Waals surface area contributed by atoms with Crippen LogP contribution in [-0.2, 0) is 0 Å². The number of ketones is 2. The van der Waals surface area contributed by atoms with Crippen LogP contribution in [0.2, 0.25) is 0 Å². The number of nitro benzene ring substituents is 1. The average molecular weight is 322 g/mol. The summed E-state index contributed by atoms with van der Waals surface area (Å²) in [6.45, 7) is 0. The summed E-state index contributed by atoms with van der Waals surface area (Å²) in [7, 11) is 3.57. The van der Waals surface area contributed by atoms with Crippen molar-refractivity contribution < 1.29 is 14.5 Å². The summed E-state index contributed by atoms with van der Waals surface area (Å²) in [5, 5.41) is 11.6. The van der Waals surface area contributed by atoms with Gasteiger partial charge in [0, 0.05) is 30.8 Å². The Balaban J connectivity index is 2.29. The largest absolute Gasteiger partial charge is 0.383 e. The molecular weight excluding hydrogens is 308 g/mol. The molecule has 0 unspecified atom stereocenters. The van der Waals surface area contributed by atoms with Crippen molar-refractivity contribution in [2.45, 2.75) is 0 Å². The molecule has 0 atom stereocenters. The Labute approximate surface area is 138 Å². The molecule has 2 aromatic rings. The van der Waals surface area contributed by atoms with Crippen LogP contribution < -0.4 is 0 Å². The van der Waals surface area contributed by atoms with Gasteiger partial charge < -0.3 is 4.90 Å². The molecule has 2 aromatic carbocycles. The summed E-state index contributed by atoms with van der Waals surface area (Å²) in [6.07, 6.45) is 3.20. The summed E-state index contributed by atoms with van der Waals surface area (Å²) in [5.74, 6) is -0.863. The molecule has 0 fully saturated rings. The van der Waals surface area contributed by atoms with Crippen LogP contribution in [-0.4, -0.2) is 35.5 Å². The second-order valence-electron chi connectivity index (χ2n) is 5.67. The first kappa shape index (κ1) is 15.6. The fraction of sp³-hybridized carbons (Fsp3) is 0.111. The van der Waals surface area contributed by atoms with Crippen LogP contribution in [0.25, 0.3) is 6.08 Å². The highest BCUT2D eigenvalue weighted by atomic mass is 16.6. The lowest BCUT2D eigenvalue weighted by atomic mass is 9.82. The zero-order valence-electron chi connectivity index (χ0n) is 13.1. The Morgan fingerprint density at radius 1 is 0.958 bits per heavy atom. The molecule has 1 aliphatic rings. The van der Waals surface area contributed by atoms with Crippen LogP contribution in [0.15, 0.2) is 42.6 Å². The Hall–Kier alpha value is -3.28. The summed E-state index contributed by atoms with van der Waals surface area (Å²) in [6, 6.07) is 9.35. The van der Waals surface area contributed by atoms with E-state index >= 15 is 0 Å². The van der Waals surface area contributed by atoms with Gasteiger partial charge in [-0.2, -0.15) is 0 Å². The highest BCUT2D eigenvalue weighted by molar-refractivity contribution is 6.30. The number of hydrogen-bond donors (Lipinski definition) is 0. The zero-order valence-corrected chi connectivity index (χ0v) is 13.1. The Morgan fingerprint density at radius 2 is 1.58 bits per heavy atom. The molecule has 0 bridgehead atoms. The van der Waals surface area contributed by atoms with Gasteiger partial charge in [-0.15, -0.1) is 0 Å². The maximum absolute atomic E-state index is 12.8. The molecule has 0 amide bonds. The van der Waals surface area contributed by atoms with Gasteiger partial charge in [0.25, 0.3) is 5.69 Å². The van der Waals surface area contributed by atoms with Gasteiger partial charge in [0.2, 0.25) is 5.78 Å². The van der Waals surface area contributed by atoms with E-state index in [2.05, 4.69) is 0 Å². The minimum absolute atomic E-state index is 0.0763. The van der Waals surface area contributed by atoms with Crippen molar-refractivity contribution >= 4 is 23.3 Å². The van der Waals surface area contributed by atoms with Gasteiger partial charge >= 0.3 is 0 Å². The van der Waals surface area contributed by atoms with E-state index in [0.717, 1.165) is 0 Å². The molecule has 0 radical (unpaired) electrons. The Bertz CT molecular complexity index is 913. The number of fused-ring (bicyclic) bond motifs is 2. The quantitative estimate of drug-likeness (QED) is 0.547. The van der Waals surface area contributed by atoms with Crippen molar-refractivity contribution in [1.82, 2.24) is 4.90 Å². The predicted octanol–water partition coefficient (Wildman–Crippen LogP) is 2.90. The number of nitrogens with zero attached hydrogens (tertiary/aromatic N) is 2. The number of rotatable bonds is 3. The summed E-state index contributed by atoms with van der Waals surface area (Å²) < 4.78 is 0. The van der Waals surface area contributed by atoms with Gasteiger partial charge in [0.05, 0.1) is 10.5 Å². The Morgan fingerprint density at radius 3 is 2.17 bits per heavy atom. The number of benzene rings is 2. The standard InChI is InChI=1S/C18H14N2O4/c1-19(2)10-9-11-7-8-14-15(16(11)20(23)24)18(22)13-6-4-3-5-12(13)17(14)21/h3-10H,1-2H3. The van der Waals surface area contributed by atoms with Crippen molar-refractivity contribution in [3.8, 4) is 0 Å². The van der Waals surface area contributed by atoms with Gasteiger partial charge in [-0.25, -0.2) is 0 Å². The van der Waals surface area contributed by atoms with Crippen molar-refractivity contribution in [2.24, 2.45) is 0 Å². The lowest BCUT2D eigenvalue weighted by Crippen LogP contribution is -2.22. The van der Waals surface area contributed by atoms with Gasteiger partial charge in [-0.05, 0) is 24.4 Å². The molecule has 6 heteroatoms. The minimum atomic E-state index is -0.604. The summed E-state index contributed by atoms with van der Waals surface area (Å²) >= 11 is 0. The van der Waals surface area contributed by atoms with Crippen LogP contribution in [0.1, 0.15) is 37.4 Å². The molecule has 120 valence electrons. The van der Waals surface area contributed by atoms with Crippen molar-refractivity contribution in [1.29, 1.82) is 0 Å². The van der Waals surface area contributed by atoms with E-state index in [1.807, 2.05) is 0 Å². The zero-order chi connectivity index (χ0) is 17.4. The Kier molecular flexibility index (Phi) is 3.73. The SMILES string of the molecule is CN(C)C=Cc1ccc2c(c1[N+](=O)[O-])C(=O)c1ccccc1C2=O. The molecule has 0 N–H and O–H groups in total. The fourth-order valence-corrected chi connectivity index (χ4v) is 2.75. The van der Waals surface area contributed by atoms with Crippen molar-refractivity contribution in [3.05, 3.63) is 80.5 Å². The minimum Gasteiger partial charge on any atom is -0.383 e. The lowest BCUT2D eigenvalue weighted by Gasteiger charge is -2.18. The highest BCUT2D eigenvalue weighted by Gasteiger charge is 2.36. The normalized spacial score (nSPS) is 12.9. The molecule has 0 aromatic heterocycles. The predicted molar refractivity (Wildman–Crippen MR) is 89.1 cm³/mol. The first-order chi connectivity index (χ1) is 11.4. The molecular formula is C18H14N2O4. The van der Waals surface area contributed by atoms with Crippen LogP contribution in [0.5, 0.6) is 0 Å². The number of hydrogen-bond acceptors (Lipinski definition) is 5. The molecule has 0 saturated carbocycles. The van der Waals surface area contributed by atoms with E-state index in [1.54, 1.807) is 49.5 Å². The fourth-order valence-electron chi connectivity index (χ4n) is 2.75. The van der Waals surface area contributed by atoms with E-state index in [0.29, 0.717) is 0 Å². The maximum atomic E-state index is 12.8. The van der Waals surface area contributed by atoms with Crippen molar-refractivity contribution in [2.75, 3.05) is 14.1 Å². The lowest BCUT2D eigenvalue weighted by molar-refractivity contribution is -0.385. The molecule has 1 aliphatic carbocycles. The molecule has 24 heavy (non-hydrogen) atoms. The van der Waals surface area contributed by atoms with Crippen LogP contribution in [0, 0.1) is 10.1 Å². The maximum Gasteiger partial charge on any atom is 0.288 e. The molecule has 0 heterocycles. The van der Waals surface area contributed by atoms with E-state index < -0.39 is 10.7 Å². The average Bonchev–Trinajstić information content (AvgIpc) is 2.56. The van der Waals surface area contributed by atoms with E-state index in [1.165, 1.54) is 18.2 Å². The third-order valence-electron chi connectivity index (χ3n) is 3.83. The third kappa shape index (κ3) is 2.38. The first-order valence-corrected chi connectivity index (χ1v) is 7.26. The number of nitro groups is 1. The van der Waals surface area contributed by atoms with Crippen LogP contribution >= 0.6 is 0 Å². The topological polar surface area (TPSA) is 80.5 Å². The smallest absolute Gasteiger partial charge is 0.288 e. The third-order valence-corrected chi connectivity index (χ3v) is 3.83. The first-order valence-electron chi connectivity index (χ1n) is 7.26. The molecule has 6 nitrogen and oxygen atoms in total. The summed E-state index contributed by atoms with van der Waals surface area (Å²) in [5.41, 5.74) is 0.371. The van der Waals surface area contributed by atoms with Gasteiger partial charge in [-0.3, -0.25) is 19.7 Å². The summed E-state index contributed by atoms with van der Waals surface area (Å²) in [4.78, 5) is 38.1. The van der Waals surface area contributed by atoms with Gasteiger partial charge in [0.1, 0.15) is 5.56 Å². The van der Waals surface area contributed by atoms with Crippen LogP contribution in [0.4, 0.5) is 5.69 Å². The van der Waals surface area contributed by atoms with E-state index in [-0.39, 0.29) is 39.3 Å². The second-order valence-corrected chi connectivity index (χ2v) is 5.67. The number of carbonyl (C=O) groups is 2. The van der Waals surface area contributed by atoms with Crippen molar-refractivity contribution in [3.63, 3.8) is 0 Å². The second kappa shape index (κ2) is 5.73. The molecule has 0 aliphatic heterocycles. The van der Waals surface area contributed by atoms with E-state index in [9.17, 15) is 19.7 Å². The molecule has 0 spiro atoms. The molecule has 0 saturated heterocycles. The van der Waals surface area contributed by atoms with Crippen LogP contribution in [0.3, 0.4) is 0 Å².